The van der Waals surface area contributed by atoms with Crippen LogP contribution in [0.3, 0.4) is 0 Å². The van der Waals surface area contributed by atoms with E-state index < -0.39 is 32.7 Å². The number of anilines is 1. The van der Waals surface area contributed by atoms with Crippen LogP contribution in [0, 0.1) is 11.6 Å². The fraction of sp³-hybridized carbons (Fsp3) is 0.286. The predicted molar refractivity (Wildman–Crippen MR) is 116 cm³/mol. The van der Waals surface area contributed by atoms with Crippen LogP contribution >= 0.6 is 11.3 Å². The van der Waals surface area contributed by atoms with E-state index in [4.69, 9.17) is 0 Å². The average Bonchev–Trinajstić information content (AvgIpc) is 3.15. The molecule has 0 unspecified atom stereocenters. The van der Waals surface area contributed by atoms with Crippen molar-refractivity contribution < 1.29 is 22.0 Å². The number of hydrogen-bond acceptors (Lipinski definition) is 6. The van der Waals surface area contributed by atoms with Gasteiger partial charge in [0.15, 0.2) is 0 Å². The molecule has 0 radical (unpaired) electrons. The van der Waals surface area contributed by atoms with Gasteiger partial charge in [0.2, 0.25) is 15.2 Å². The summed E-state index contributed by atoms with van der Waals surface area (Å²) in [5.41, 5.74) is -0.0947. The zero-order valence-electron chi connectivity index (χ0n) is 17.1. The van der Waals surface area contributed by atoms with Gasteiger partial charge in [-0.2, -0.15) is 0 Å². The Balaban J connectivity index is 1.59. The number of nitrogens with one attached hydrogen (secondary N) is 2. The fourth-order valence-corrected chi connectivity index (χ4v) is 5.77. The quantitative estimate of drug-likeness (QED) is 0.537. The number of halogens is 2. The summed E-state index contributed by atoms with van der Waals surface area (Å²) < 4.78 is 54.7. The molecule has 2 N–H and O–H groups in total. The third-order valence-corrected chi connectivity index (χ3v) is 8.05. The van der Waals surface area contributed by atoms with Crippen LogP contribution in [0.5, 0.6) is 0 Å². The molecule has 3 aromatic rings. The van der Waals surface area contributed by atoms with E-state index in [1.807, 2.05) is 6.07 Å². The van der Waals surface area contributed by atoms with E-state index >= 15 is 0 Å². The van der Waals surface area contributed by atoms with Crippen molar-refractivity contribution in [2.75, 3.05) is 11.9 Å². The topological polar surface area (TPSA) is 101 Å². The van der Waals surface area contributed by atoms with Gasteiger partial charge in [0, 0.05) is 12.0 Å². The maximum absolute atomic E-state index is 14.3. The average molecular weight is 479 g/mol. The van der Waals surface area contributed by atoms with Gasteiger partial charge in [0.25, 0.3) is 5.91 Å². The third kappa shape index (κ3) is 4.15. The van der Waals surface area contributed by atoms with E-state index in [-0.39, 0.29) is 22.4 Å². The highest BCUT2D eigenvalue weighted by Gasteiger charge is 2.43. The Hall–Kier alpha value is -2.76. The summed E-state index contributed by atoms with van der Waals surface area (Å²) >= 11 is 1.13. The Bertz CT molecular complexity index is 1270. The molecule has 2 aromatic carbocycles. The second-order valence-electron chi connectivity index (χ2n) is 7.46. The van der Waals surface area contributed by atoms with Gasteiger partial charge in [-0.15, -0.1) is 10.2 Å². The molecule has 1 aliphatic rings. The van der Waals surface area contributed by atoms with Gasteiger partial charge in [-0.3, -0.25) is 10.1 Å². The summed E-state index contributed by atoms with van der Waals surface area (Å²) in [7, 11) is -3.85. The number of carbonyl (C=O) groups excluding carboxylic acids is 1. The highest BCUT2D eigenvalue weighted by atomic mass is 32.2. The minimum absolute atomic E-state index is 0.145. The Morgan fingerprint density at radius 3 is 2.59 bits per heavy atom. The predicted octanol–water partition coefficient (Wildman–Crippen LogP) is 3.84. The largest absolute Gasteiger partial charge is 0.296 e. The number of carbonyl (C=O) groups is 1. The van der Waals surface area contributed by atoms with Crippen LogP contribution in [0.1, 0.15) is 47.1 Å². The van der Waals surface area contributed by atoms with Crippen LogP contribution < -0.4 is 10.0 Å². The van der Waals surface area contributed by atoms with Crippen molar-refractivity contribution >= 4 is 32.4 Å². The molecule has 1 fully saturated rings. The van der Waals surface area contributed by atoms with Gasteiger partial charge in [0.05, 0.1) is 10.5 Å². The summed E-state index contributed by atoms with van der Waals surface area (Å²) in [5.74, 6) is -2.04. The zero-order chi connectivity index (χ0) is 22.9. The van der Waals surface area contributed by atoms with Crippen LogP contribution in [0.2, 0.25) is 0 Å². The molecule has 0 bridgehead atoms. The number of rotatable bonds is 7. The van der Waals surface area contributed by atoms with Crippen molar-refractivity contribution in [2.45, 2.75) is 36.5 Å². The summed E-state index contributed by atoms with van der Waals surface area (Å²) in [6, 6.07) is 9.33. The molecule has 32 heavy (non-hydrogen) atoms. The highest BCUT2D eigenvalue weighted by Crippen LogP contribution is 2.50. The molecule has 1 amide bonds. The van der Waals surface area contributed by atoms with Crippen molar-refractivity contribution in [3.63, 3.8) is 0 Å². The first-order chi connectivity index (χ1) is 15.2. The van der Waals surface area contributed by atoms with E-state index in [9.17, 15) is 22.0 Å². The smallest absolute Gasteiger partial charge is 0.260 e. The lowest BCUT2D eigenvalue weighted by molar-refractivity contribution is 0.102. The molecule has 4 rings (SSSR count). The summed E-state index contributed by atoms with van der Waals surface area (Å²) in [4.78, 5) is 12.4. The normalized spacial score (nSPS) is 15.2. The van der Waals surface area contributed by atoms with Crippen molar-refractivity contribution in [3.05, 3.63) is 70.2 Å². The molecule has 1 saturated carbocycles. The van der Waals surface area contributed by atoms with Crippen LogP contribution in [0.25, 0.3) is 0 Å². The Labute approximate surface area is 187 Å². The minimum atomic E-state index is -3.85. The SMILES string of the molecule is CCNS(=O)(=O)c1ccc(F)c(C(=O)Nc2nnc(C3(c4cccc(F)c4)CCC3)s2)c1. The molecule has 7 nitrogen and oxygen atoms in total. The molecular weight excluding hydrogens is 458 g/mol. The van der Waals surface area contributed by atoms with E-state index in [0.29, 0.717) is 5.01 Å². The minimum Gasteiger partial charge on any atom is -0.296 e. The molecule has 0 spiro atoms. The van der Waals surface area contributed by atoms with Crippen molar-refractivity contribution in [1.82, 2.24) is 14.9 Å². The van der Waals surface area contributed by atoms with Gasteiger partial charge in [0.1, 0.15) is 16.6 Å². The third-order valence-electron chi connectivity index (χ3n) is 5.47. The van der Waals surface area contributed by atoms with Gasteiger partial charge in [-0.05, 0) is 48.7 Å². The molecule has 0 atom stereocenters. The number of aromatic nitrogens is 2. The monoisotopic (exact) mass is 478 g/mol. The van der Waals surface area contributed by atoms with E-state index in [2.05, 4.69) is 20.2 Å². The van der Waals surface area contributed by atoms with Gasteiger partial charge in [-0.1, -0.05) is 36.8 Å². The van der Waals surface area contributed by atoms with Crippen LogP contribution in [0.15, 0.2) is 47.4 Å². The standard InChI is InChI=1S/C21H20F2N4O3S2/c1-2-24-32(29,30)15-7-8-17(23)16(12-15)18(28)25-20-27-26-19(31-20)21(9-4-10-21)13-5-3-6-14(22)11-13/h3,5-8,11-12,24H,2,4,9-10H2,1H3,(H,25,27,28). The molecule has 11 heteroatoms. The Morgan fingerprint density at radius 1 is 1.16 bits per heavy atom. The van der Waals surface area contributed by atoms with Crippen molar-refractivity contribution in [1.29, 1.82) is 0 Å². The summed E-state index contributed by atoms with van der Waals surface area (Å²) in [5, 5.41) is 11.5. The second-order valence-corrected chi connectivity index (χ2v) is 10.2. The van der Waals surface area contributed by atoms with E-state index in [1.54, 1.807) is 13.0 Å². The maximum atomic E-state index is 14.3. The number of sulfonamides is 1. The number of benzene rings is 2. The molecule has 168 valence electrons. The van der Waals surface area contributed by atoms with Crippen molar-refractivity contribution in [2.24, 2.45) is 0 Å². The van der Waals surface area contributed by atoms with Crippen LogP contribution in [0.4, 0.5) is 13.9 Å². The molecule has 1 aromatic heterocycles. The van der Waals surface area contributed by atoms with E-state index in [0.717, 1.165) is 54.4 Å². The first-order valence-electron chi connectivity index (χ1n) is 9.96. The van der Waals surface area contributed by atoms with Gasteiger partial charge >= 0.3 is 0 Å². The van der Waals surface area contributed by atoms with Crippen LogP contribution in [-0.2, 0) is 15.4 Å². The zero-order valence-corrected chi connectivity index (χ0v) is 18.7. The van der Waals surface area contributed by atoms with Crippen molar-refractivity contribution in [3.8, 4) is 0 Å². The number of nitrogens with zero attached hydrogens (tertiary/aromatic N) is 2. The maximum Gasteiger partial charge on any atom is 0.260 e. The van der Waals surface area contributed by atoms with Gasteiger partial charge in [-0.25, -0.2) is 21.9 Å². The summed E-state index contributed by atoms with van der Waals surface area (Å²) in [6.07, 6.45) is 2.51. The molecule has 1 aliphatic carbocycles. The second kappa shape index (κ2) is 8.64. The van der Waals surface area contributed by atoms with E-state index in [1.165, 1.54) is 12.1 Å². The van der Waals surface area contributed by atoms with Gasteiger partial charge < -0.3 is 0 Å². The molecule has 0 saturated heterocycles. The lowest BCUT2D eigenvalue weighted by Gasteiger charge is -2.40. The fourth-order valence-electron chi connectivity index (χ4n) is 3.69. The molecular formula is C21H20F2N4O3S2. The lowest BCUT2D eigenvalue weighted by atomic mass is 9.65. The Morgan fingerprint density at radius 2 is 1.94 bits per heavy atom. The van der Waals surface area contributed by atoms with Crippen LogP contribution in [-0.4, -0.2) is 31.1 Å². The summed E-state index contributed by atoms with van der Waals surface area (Å²) in [6.45, 7) is 1.77. The lowest BCUT2D eigenvalue weighted by Crippen LogP contribution is -2.35. The number of hydrogen-bond donors (Lipinski definition) is 2. The number of amides is 1. The first kappa shape index (κ1) is 22.4. The first-order valence-corrected chi connectivity index (χ1v) is 12.3. The Kier molecular flexibility index (Phi) is 6.06. The highest BCUT2D eigenvalue weighted by molar-refractivity contribution is 7.89. The molecule has 1 heterocycles. The molecule has 0 aliphatic heterocycles.